The molecule has 2 saturated heterocycles. The molecule has 0 aromatic rings. The molecule has 4 aliphatic carbocycles. The third-order valence-electron chi connectivity index (χ3n) is 11.9. The zero-order valence-corrected chi connectivity index (χ0v) is 22.5. The van der Waals surface area contributed by atoms with Gasteiger partial charge in [0, 0.05) is 12.5 Å². The molecule has 6 rings (SSSR count). The van der Waals surface area contributed by atoms with Crippen molar-refractivity contribution in [1.82, 2.24) is 0 Å². The van der Waals surface area contributed by atoms with E-state index in [1.165, 1.54) is 38.5 Å². The van der Waals surface area contributed by atoms with Crippen molar-refractivity contribution in [3.8, 4) is 0 Å². The first kappa shape index (κ1) is 22.5. The molecule has 0 amide bonds. The van der Waals surface area contributed by atoms with Gasteiger partial charge in [-0.25, -0.2) is 0 Å². The van der Waals surface area contributed by atoms with Crippen LogP contribution < -0.4 is 0 Å². The highest BCUT2D eigenvalue weighted by Crippen LogP contribution is 2.74. The Kier molecular flexibility index (Phi) is 4.81. The lowest BCUT2D eigenvalue weighted by Gasteiger charge is -2.60. The summed E-state index contributed by atoms with van der Waals surface area (Å²) >= 11 is 0. The van der Waals surface area contributed by atoms with E-state index in [0.29, 0.717) is 29.6 Å². The van der Waals surface area contributed by atoms with Crippen LogP contribution in [0, 0.1) is 34.5 Å². The molecule has 4 saturated carbocycles. The third-order valence-corrected chi connectivity index (χ3v) is 16.5. The maximum absolute atomic E-state index is 6.93. The van der Waals surface area contributed by atoms with Crippen molar-refractivity contribution in [1.29, 1.82) is 0 Å². The predicted molar refractivity (Wildman–Crippen MR) is 128 cm³/mol. The number of hydrogen-bond acceptors (Lipinski definition) is 4. The SMILES string of the molecule is CC(C)(C)[Si](C)(C)O[C@H]1CC[C@]2(C)C3C(CC[C@@H]2C1)C1CCC2(OCCO2)[C@@]1(C)[C@H]1O[C@@H]31. The Bertz CT molecular complexity index is 770. The quantitative estimate of drug-likeness (QED) is 0.364. The molecule has 1 spiro atoms. The van der Waals surface area contributed by atoms with Crippen LogP contribution in [0.25, 0.3) is 0 Å². The van der Waals surface area contributed by atoms with E-state index in [1.54, 1.807) is 0 Å². The van der Waals surface area contributed by atoms with Crippen LogP contribution in [0.1, 0.15) is 79.6 Å². The minimum Gasteiger partial charge on any atom is -0.414 e. The topological polar surface area (TPSA) is 40.2 Å². The Balaban J connectivity index is 1.23. The van der Waals surface area contributed by atoms with Gasteiger partial charge < -0.3 is 18.6 Å². The first-order chi connectivity index (χ1) is 14.9. The fraction of sp³-hybridized carbons (Fsp3) is 1.00. The molecular weight excluding hydrogens is 416 g/mol. The smallest absolute Gasteiger partial charge is 0.192 e. The molecule has 182 valence electrons. The van der Waals surface area contributed by atoms with Crippen LogP contribution in [0.2, 0.25) is 18.1 Å². The Morgan fingerprint density at radius 3 is 2.34 bits per heavy atom. The van der Waals surface area contributed by atoms with Crippen LogP contribution in [-0.2, 0) is 18.6 Å². The summed E-state index contributed by atoms with van der Waals surface area (Å²) < 4.78 is 26.3. The van der Waals surface area contributed by atoms with Crippen molar-refractivity contribution in [3.63, 3.8) is 0 Å². The summed E-state index contributed by atoms with van der Waals surface area (Å²) in [5, 5.41) is 0.289. The number of fused-ring (bicyclic) bond motifs is 9. The minimum absolute atomic E-state index is 0.0428. The van der Waals surface area contributed by atoms with Gasteiger partial charge in [-0.2, -0.15) is 0 Å². The molecular formula is C27H46O4Si. The fourth-order valence-corrected chi connectivity index (χ4v) is 10.6. The number of ether oxygens (including phenoxy) is 3. The Morgan fingerprint density at radius 1 is 0.938 bits per heavy atom. The van der Waals surface area contributed by atoms with Gasteiger partial charge in [0.05, 0.1) is 30.8 Å². The average molecular weight is 463 g/mol. The van der Waals surface area contributed by atoms with Crippen LogP contribution in [0.5, 0.6) is 0 Å². The first-order valence-corrected chi connectivity index (χ1v) is 16.4. The van der Waals surface area contributed by atoms with E-state index >= 15 is 0 Å². The maximum Gasteiger partial charge on any atom is 0.192 e. The first-order valence-electron chi connectivity index (χ1n) is 13.5. The largest absolute Gasteiger partial charge is 0.414 e. The molecule has 32 heavy (non-hydrogen) atoms. The lowest BCUT2D eigenvalue weighted by molar-refractivity contribution is -0.242. The van der Waals surface area contributed by atoms with E-state index in [9.17, 15) is 0 Å². The van der Waals surface area contributed by atoms with Crippen LogP contribution >= 0.6 is 0 Å². The zero-order valence-electron chi connectivity index (χ0n) is 21.5. The molecule has 2 heterocycles. The number of rotatable bonds is 2. The van der Waals surface area contributed by atoms with Gasteiger partial charge in [0.15, 0.2) is 14.1 Å². The molecule has 0 bridgehead atoms. The Labute approximate surface area is 196 Å². The van der Waals surface area contributed by atoms with Gasteiger partial charge in [-0.15, -0.1) is 0 Å². The summed E-state index contributed by atoms with van der Waals surface area (Å²) in [5.41, 5.74) is 0.450. The molecule has 0 radical (unpaired) electrons. The standard InChI is InChI=1S/C27H46O4Si/c1-24(2,3)32(6,7)31-18-10-12-25(4)17(16-18)8-9-19-20-11-13-27(28-14-15-29-27)26(20,5)23-22(30-23)21(19)25/h17-23H,8-16H2,1-7H3/t17-,18+,19?,20?,21?,22+,23+,25+,26-/m1/s1. The lowest BCUT2D eigenvalue weighted by Crippen LogP contribution is -2.61. The van der Waals surface area contributed by atoms with Gasteiger partial charge in [0.25, 0.3) is 0 Å². The normalized spacial score (nSPS) is 51.7. The molecule has 2 aliphatic heterocycles. The minimum atomic E-state index is -1.71. The van der Waals surface area contributed by atoms with E-state index in [1.807, 2.05) is 0 Å². The van der Waals surface area contributed by atoms with E-state index < -0.39 is 8.32 Å². The highest BCUT2D eigenvalue weighted by Gasteiger charge is 2.78. The molecule has 6 fully saturated rings. The van der Waals surface area contributed by atoms with Crippen molar-refractivity contribution >= 4 is 8.32 Å². The molecule has 0 N–H and O–H groups in total. The lowest BCUT2D eigenvalue weighted by atomic mass is 9.45. The molecule has 0 aromatic carbocycles. The highest BCUT2D eigenvalue weighted by molar-refractivity contribution is 6.74. The van der Waals surface area contributed by atoms with Crippen LogP contribution in [0.15, 0.2) is 0 Å². The average Bonchev–Trinajstić information content (AvgIpc) is 3.26. The zero-order chi connectivity index (χ0) is 22.7. The summed E-state index contributed by atoms with van der Waals surface area (Å²) in [6.07, 6.45) is 10.1. The summed E-state index contributed by atoms with van der Waals surface area (Å²) in [6.45, 7) is 18.5. The number of epoxide rings is 1. The van der Waals surface area contributed by atoms with Crippen molar-refractivity contribution in [2.45, 2.75) is 122 Å². The summed E-state index contributed by atoms with van der Waals surface area (Å²) in [6, 6.07) is 0. The van der Waals surface area contributed by atoms with Crippen LogP contribution in [0.4, 0.5) is 0 Å². The maximum atomic E-state index is 6.93. The summed E-state index contributed by atoms with van der Waals surface area (Å²) in [5.74, 6) is 2.60. The van der Waals surface area contributed by atoms with Crippen molar-refractivity contribution < 1.29 is 18.6 Å². The molecule has 0 aromatic heterocycles. The van der Waals surface area contributed by atoms with Gasteiger partial charge in [-0.1, -0.05) is 34.6 Å². The molecule has 4 nitrogen and oxygen atoms in total. The van der Waals surface area contributed by atoms with Gasteiger partial charge in [-0.05, 0) is 85.7 Å². The van der Waals surface area contributed by atoms with Gasteiger partial charge in [0.2, 0.25) is 0 Å². The molecule has 5 heteroatoms. The predicted octanol–water partition coefficient (Wildman–Crippen LogP) is 6.15. The molecule has 3 unspecified atom stereocenters. The third kappa shape index (κ3) is 2.81. The van der Waals surface area contributed by atoms with Crippen molar-refractivity contribution in [3.05, 3.63) is 0 Å². The van der Waals surface area contributed by atoms with E-state index in [-0.39, 0.29) is 16.2 Å². The number of hydrogen-bond donors (Lipinski definition) is 0. The Morgan fingerprint density at radius 2 is 1.66 bits per heavy atom. The monoisotopic (exact) mass is 462 g/mol. The second-order valence-corrected chi connectivity index (χ2v) is 18.9. The van der Waals surface area contributed by atoms with E-state index in [2.05, 4.69) is 47.7 Å². The van der Waals surface area contributed by atoms with E-state index in [4.69, 9.17) is 18.6 Å². The van der Waals surface area contributed by atoms with E-state index in [0.717, 1.165) is 37.4 Å². The van der Waals surface area contributed by atoms with Crippen molar-refractivity contribution in [2.24, 2.45) is 34.5 Å². The Hall–Kier alpha value is 0.0569. The second kappa shape index (κ2) is 6.84. The van der Waals surface area contributed by atoms with Crippen LogP contribution in [-0.4, -0.2) is 45.6 Å². The van der Waals surface area contributed by atoms with Gasteiger partial charge in [-0.3, -0.25) is 0 Å². The van der Waals surface area contributed by atoms with Crippen molar-refractivity contribution in [2.75, 3.05) is 13.2 Å². The second-order valence-electron chi connectivity index (χ2n) is 14.1. The summed E-state index contributed by atoms with van der Waals surface area (Å²) in [4.78, 5) is 0. The van der Waals surface area contributed by atoms with Gasteiger partial charge >= 0.3 is 0 Å². The summed E-state index contributed by atoms with van der Waals surface area (Å²) in [7, 11) is -1.71. The molecule has 9 atom stereocenters. The van der Waals surface area contributed by atoms with Crippen LogP contribution in [0.3, 0.4) is 0 Å². The highest BCUT2D eigenvalue weighted by atomic mass is 28.4. The fourth-order valence-electron chi connectivity index (χ4n) is 9.17. The van der Waals surface area contributed by atoms with Gasteiger partial charge in [0.1, 0.15) is 0 Å². The molecule has 6 aliphatic rings.